The van der Waals surface area contributed by atoms with Crippen molar-refractivity contribution in [3.05, 3.63) is 65.0 Å². The molecule has 2 aliphatic heterocycles. The third-order valence-electron chi connectivity index (χ3n) is 4.59. The smallest absolute Gasteiger partial charge is 0.346 e. The van der Waals surface area contributed by atoms with Gasteiger partial charge in [0, 0.05) is 0 Å². The zero-order chi connectivity index (χ0) is 22.8. The summed E-state index contributed by atoms with van der Waals surface area (Å²) in [4.78, 5) is 28.8. The summed E-state index contributed by atoms with van der Waals surface area (Å²) in [5.41, 5.74) is 0.380. The molecule has 2 heterocycles. The molecule has 4 rings (SSSR count). The molecule has 0 atom stereocenters. The molecule has 10 heteroatoms. The molecule has 162 valence electrons. The van der Waals surface area contributed by atoms with Crippen LogP contribution in [0.4, 0.5) is 4.39 Å². The number of carbonyl (C=O) groups excluding carboxylic acids is 2. The Morgan fingerprint density at radius 3 is 2.75 bits per heavy atom. The molecular formula is C22H17FN4O4S. The maximum atomic E-state index is 13.8. The van der Waals surface area contributed by atoms with Gasteiger partial charge in [-0.2, -0.15) is 15.1 Å². The molecule has 0 aromatic heterocycles. The molecule has 0 radical (unpaired) electrons. The number of aliphatic imine (C=N–C) groups is 1. The summed E-state index contributed by atoms with van der Waals surface area (Å²) in [7, 11) is 1.39. The quantitative estimate of drug-likeness (QED) is 0.416. The van der Waals surface area contributed by atoms with E-state index in [1.807, 2.05) is 6.92 Å². The van der Waals surface area contributed by atoms with Gasteiger partial charge < -0.3 is 9.47 Å². The summed E-state index contributed by atoms with van der Waals surface area (Å²) < 4.78 is 24.4. The number of hydrogen-bond acceptors (Lipinski definition) is 7. The summed E-state index contributed by atoms with van der Waals surface area (Å²) in [5.74, 6) is -1.90. The van der Waals surface area contributed by atoms with Crippen LogP contribution in [-0.4, -0.2) is 40.0 Å². The van der Waals surface area contributed by atoms with Crippen molar-refractivity contribution >= 4 is 45.8 Å². The van der Waals surface area contributed by atoms with Crippen molar-refractivity contribution in [1.29, 1.82) is 5.41 Å². The van der Waals surface area contributed by atoms with Gasteiger partial charge in [-0.1, -0.05) is 25.1 Å². The number of rotatable bonds is 5. The Balaban J connectivity index is 1.61. The van der Waals surface area contributed by atoms with Gasteiger partial charge in [0.25, 0.3) is 5.91 Å². The minimum Gasteiger partial charge on any atom is -0.493 e. The summed E-state index contributed by atoms with van der Waals surface area (Å²) in [5, 5.41) is 15.1. The maximum Gasteiger partial charge on any atom is 0.346 e. The topological polar surface area (TPSA) is 104 Å². The molecule has 0 aliphatic carbocycles. The molecular weight excluding hydrogens is 435 g/mol. The van der Waals surface area contributed by atoms with Gasteiger partial charge >= 0.3 is 5.97 Å². The van der Waals surface area contributed by atoms with Crippen LogP contribution in [0.5, 0.6) is 11.5 Å². The van der Waals surface area contributed by atoms with Crippen molar-refractivity contribution in [2.45, 2.75) is 13.3 Å². The molecule has 0 spiro atoms. The molecule has 1 N–H and O–H groups in total. The van der Waals surface area contributed by atoms with E-state index in [0.717, 1.165) is 5.04 Å². The molecule has 0 unspecified atom stereocenters. The van der Waals surface area contributed by atoms with Gasteiger partial charge in [0.05, 0.1) is 18.2 Å². The number of hydrazone groups is 1. The van der Waals surface area contributed by atoms with Crippen molar-refractivity contribution in [3.8, 4) is 11.5 Å². The minimum absolute atomic E-state index is 0.0635. The number of amidine groups is 2. The highest BCUT2D eigenvalue weighted by molar-refractivity contribution is 8.26. The van der Waals surface area contributed by atoms with E-state index in [1.54, 1.807) is 6.07 Å². The molecule has 2 aromatic carbocycles. The van der Waals surface area contributed by atoms with Gasteiger partial charge in [0.1, 0.15) is 10.9 Å². The number of nitrogens with zero attached hydrogens (tertiary/aromatic N) is 3. The predicted octanol–water partition coefficient (Wildman–Crippen LogP) is 4.08. The molecule has 1 amide bonds. The summed E-state index contributed by atoms with van der Waals surface area (Å²) in [6, 6.07) is 10.1. The van der Waals surface area contributed by atoms with Gasteiger partial charge in [-0.15, -0.1) is 0 Å². The summed E-state index contributed by atoms with van der Waals surface area (Å²) >= 11 is 1.27. The highest BCUT2D eigenvalue weighted by Gasteiger charge is 2.35. The van der Waals surface area contributed by atoms with E-state index in [4.69, 9.17) is 14.9 Å². The number of carbonyl (C=O) groups is 2. The van der Waals surface area contributed by atoms with Crippen LogP contribution in [-0.2, 0) is 4.79 Å². The number of thioether (sulfide) groups is 1. The van der Waals surface area contributed by atoms with Gasteiger partial charge in [-0.05, 0) is 54.1 Å². The van der Waals surface area contributed by atoms with Crippen LogP contribution in [0.15, 0.2) is 58.1 Å². The summed E-state index contributed by atoms with van der Waals surface area (Å²) in [6.07, 6.45) is 2.16. The fourth-order valence-electron chi connectivity index (χ4n) is 2.98. The molecule has 0 bridgehead atoms. The van der Waals surface area contributed by atoms with Gasteiger partial charge in [0.15, 0.2) is 17.3 Å². The molecule has 32 heavy (non-hydrogen) atoms. The zero-order valence-corrected chi connectivity index (χ0v) is 17.9. The lowest BCUT2D eigenvalue weighted by atomic mass is 10.1. The van der Waals surface area contributed by atoms with E-state index in [-0.39, 0.29) is 28.5 Å². The lowest BCUT2D eigenvalue weighted by molar-refractivity contribution is -0.114. The Bertz CT molecular complexity index is 1240. The highest BCUT2D eigenvalue weighted by atomic mass is 32.2. The highest BCUT2D eigenvalue weighted by Crippen LogP contribution is 2.32. The first-order chi connectivity index (χ1) is 15.4. The molecule has 0 fully saturated rings. The van der Waals surface area contributed by atoms with Crippen molar-refractivity contribution in [2.24, 2.45) is 10.1 Å². The molecule has 2 aliphatic rings. The normalized spacial score (nSPS) is 16.6. The number of ether oxygens (including phenoxy) is 2. The van der Waals surface area contributed by atoms with E-state index in [2.05, 4.69) is 10.1 Å². The second-order valence-corrected chi connectivity index (χ2v) is 7.69. The predicted molar refractivity (Wildman–Crippen MR) is 120 cm³/mol. The Morgan fingerprint density at radius 2 is 2.03 bits per heavy atom. The van der Waals surface area contributed by atoms with Crippen LogP contribution >= 0.6 is 11.8 Å². The second kappa shape index (κ2) is 8.75. The lowest BCUT2D eigenvalue weighted by Crippen LogP contribution is -2.35. The van der Waals surface area contributed by atoms with E-state index in [1.165, 1.54) is 66.4 Å². The van der Waals surface area contributed by atoms with Crippen LogP contribution in [0.25, 0.3) is 6.08 Å². The van der Waals surface area contributed by atoms with Crippen LogP contribution < -0.4 is 9.47 Å². The minimum atomic E-state index is -0.866. The SMILES string of the molecule is CCC1=NN2C(=N)/C(=C/c3ccc(OC(=O)c4ccccc4F)c(OC)c3)C(=O)N=C2S1. The second-order valence-electron chi connectivity index (χ2n) is 6.65. The van der Waals surface area contributed by atoms with E-state index < -0.39 is 17.7 Å². The number of methoxy groups -OCH3 is 1. The third kappa shape index (κ3) is 4.04. The number of halogens is 1. The van der Waals surface area contributed by atoms with Gasteiger partial charge in [-0.25, -0.2) is 9.18 Å². The van der Waals surface area contributed by atoms with Crippen molar-refractivity contribution < 1.29 is 23.5 Å². The van der Waals surface area contributed by atoms with Crippen LogP contribution in [0, 0.1) is 11.2 Å². The Labute approximate surface area is 186 Å². The number of nitrogens with one attached hydrogen (secondary N) is 1. The standard InChI is InChI=1S/C22H17FN4O4S/c1-3-18-26-27-19(24)14(20(28)25-22(27)32-18)10-12-8-9-16(17(11-12)30-2)31-21(29)13-6-4-5-7-15(13)23/h4-11,24H,3H2,1-2H3/b14-10-,24-19?. The average Bonchev–Trinajstić information content (AvgIpc) is 3.21. The van der Waals surface area contributed by atoms with Crippen molar-refractivity contribution in [1.82, 2.24) is 5.01 Å². The monoisotopic (exact) mass is 452 g/mol. The van der Waals surface area contributed by atoms with E-state index in [0.29, 0.717) is 17.2 Å². The number of benzene rings is 2. The average molecular weight is 452 g/mol. The maximum absolute atomic E-state index is 13.8. The Kier molecular flexibility index (Phi) is 5.87. The Hall–Kier alpha value is -3.79. The van der Waals surface area contributed by atoms with Gasteiger partial charge in [-0.3, -0.25) is 10.2 Å². The van der Waals surface area contributed by atoms with Gasteiger partial charge in [0.2, 0.25) is 5.17 Å². The first kappa shape index (κ1) is 21.4. The Morgan fingerprint density at radius 1 is 1.25 bits per heavy atom. The zero-order valence-electron chi connectivity index (χ0n) is 17.1. The number of fused-ring (bicyclic) bond motifs is 1. The van der Waals surface area contributed by atoms with E-state index in [9.17, 15) is 14.0 Å². The molecule has 8 nitrogen and oxygen atoms in total. The fraction of sp³-hybridized carbons (Fsp3) is 0.136. The van der Waals surface area contributed by atoms with Crippen LogP contribution in [0.3, 0.4) is 0 Å². The molecule has 0 saturated heterocycles. The largest absolute Gasteiger partial charge is 0.493 e. The lowest BCUT2D eigenvalue weighted by Gasteiger charge is -2.20. The fourth-order valence-corrected chi connectivity index (χ4v) is 3.81. The van der Waals surface area contributed by atoms with Crippen molar-refractivity contribution in [2.75, 3.05) is 7.11 Å². The number of amides is 1. The first-order valence-corrected chi connectivity index (χ1v) is 10.4. The third-order valence-corrected chi connectivity index (χ3v) is 5.65. The van der Waals surface area contributed by atoms with E-state index >= 15 is 0 Å². The van der Waals surface area contributed by atoms with Crippen LogP contribution in [0.2, 0.25) is 0 Å². The first-order valence-electron chi connectivity index (χ1n) is 9.55. The summed E-state index contributed by atoms with van der Waals surface area (Å²) in [6.45, 7) is 1.93. The molecule has 2 aromatic rings. The van der Waals surface area contributed by atoms with Crippen molar-refractivity contribution in [3.63, 3.8) is 0 Å². The van der Waals surface area contributed by atoms with Crippen LogP contribution in [0.1, 0.15) is 29.3 Å². The molecule has 0 saturated carbocycles. The number of hydrogen-bond donors (Lipinski definition) is 1. The number of esters is 1.